The number of carbonyl (C=O) groups excluding carboxylic acids is 1. The van der Waals surface area contributed by atoms with Crippen molar-refractivity contribution in [2.24, 2.45) is 0 Å². The van der Waals surface area contributed by atoms with Crippen LogP contribution in [0, 0.1) is 6.92 Å². The molecule has 0 aromatic carbocycles. The molecule has 0 saturated carbocycles. The molecule has 3 aromatic heterocycles. The number of carbonyl (C=O) groups is 1. The summed E-state index contributed by atoms with van der Waals surface area (Å²) in [4.78, 5) is 24.1. The van der Waals surface area contributed by atoms with Gasteiger partial charge in [0.25, 0.3) is 5.91 Å². The maximum Gasteiger partial charge on any atom is 0.291 e. The van der Waals surface area contributed by atoms with Gasteiger partial charge in [0.05, 0.1) is 11.5 Å². The number of nitrogens with zero attached hydrogens (tertiary/aromatic N) is 4. The van der Waals surface area contributed by atoms with Crippen LogP contribution >= 0.6 is 11.3 Å². The predicted octanol–water partition coefficient (Wildman–Crippen LogP) is 2.04. The van der Waals surface area contributed by atoms with Crippen LogP contribution < -0.4 is 5.32 Å². The topological polar surface area (TPSA) is 81.4 Å². The van der Waals surface area contributed by atoms with Gasteiger partial charge in [-0.25, -0.2) is 9.97 Å². The zero-order chi connectivity index (χ0) is 17.0. The first-order chi connectivity index (χ1) is 12.2. The van der Waals surface area contributed by atoms with Crippen LogP contribution in [0.15, 0.2) is 0 Å². The lowest BCUT2D eigenvalue weighted by Crippen LogP contribution is -2.32. The van der Waals surface area contributed by atoms with Gasteiger partial charge in [-0.2, -0.15) is 4.52 Å². The minimum Gasteiger partial charge on any atom is -0.376 e. The van der Waals surface area contributed by atoms with Crippen molar-refractivity contribution in [2.75, 3.05) is 13.2 Å². The van der Waals surface area contributed by atoms with Crippen LogP contribution in [0.25, 0.3) is 15.9 Å². The minimum atomic E-state index is -0.251. The standard InChI is InChI=1S/C17H19N5O2S/c1-9-19-17-13(11-5-2-6-12(11)25-17)15-20-14(21-22(9)15)16(23)18-8-10-4-3-7-24-10/h10H,2-8H2,1H3,(H,18,23)/t10-/m1/s1. The fraction of sp³-hybridized carbons (Fsp3) is 0.529. The van der Waals surface area contributed by atoms with E-state index in [1.54, 1.807) is 15.9 Å². The first-order valence-corrected chi connectivity index (χ1v) is 9.60. The number of ether oxygens (including phenoxy) is 1. The van der Waals surface area contributed by atoms with Gasteiger partial charge in [0.1, 0.15) is 10.7 Å². The van der Waals surface area contributed by atoms with Crippen molar-refractivity contribution in [2.45, 2.75) is 45.1 Å². The van der Waals surface area contributed by atoms with E-state index in [1.807, 2.05) is 6.92 Å². The van der Waals surface area contributed by atoms with Crippen LogP contribution in [0.4, 0.5) is 0 Å². The molecule has 0 unspecified atom stereocenters. The van der Waals surface area contributed by atoms with Gasteiger partial charge in [0.2, 0.25) is 5.82 Å². The van der Waals surface area contributed by atoms with E-state index in [-0.39, 0.29) is 17.8 Å². The second-order valence-corrected chi connectivity index (χ2v) is 7.80. The van der Waals surface area contributed by atoms with E-state index in [9.17, 15) is 4.79 Å². The SMILES string of the molecule is Cc1nc2sc3c(c2c2nc(C(=O)NC[C@H]4CCCO4)nn12)CCC3. The Balaban J connectivity index is 1.53. The van der Waals surface area contributed by atoms with E-state index in [2.05, 4.69) is 20.4 Å². The average Bonchev–Trinajstić information content (AvgIpc) is 3.34. The van der Waals surface area contributed by atoms with Crippen LogP contribution in [0.2, 0.25) is 0 Å². The van der Waals surface area contributed by atoms with Crippen molar-refractivity contribution >= 4 is 33.1 Å². The van der Waals surface area contributed by atoms with Crippen molar-refractivity contribution in [3.05, 3.63) is 22.1 Å². The number of rotatable bonds is 3. The Morgan fingerprint density at radius 3 is 3.12 bits per heavy atom. The highest BCUT2D eigenvalue weighted by atomic mass is 32.1. The number of amides is 1. The first kappa shape index (κ1) is 15.2. The molecule has 1 fully saturated rings. The van der Waals surface area contributed by atoms with Crippen LogP contribution in [-0.2, 0) is 17.6 Å². The summed E-state index contributed by atoms with van der Waals surface area (Å²) >= 11 is 1.75. The van der Waals surface area contributed by atoms with E-state index >= 15 is 0 Å². The summed E-state index contributed by atoms with van der Waals surface area (Å²) in [5.74, 6) is 0.708. The molecule has 2 aliphatic rings. The number of thiophene rings is 1. The molecule has 0 spiro atoms. The van der Waals surface area contributed by atoms with Crippen molar-refractivity contribution in [1.82, 2.24) is 24.9 Å². The van der Waals surface area contributed by atoms with Gasteiger partial charge in [-0.3, -0.25) is 4.79 Å². The summed E-state index contributed by atoms with van der Waals surface area (Å²) in [5.41, 5.74) is 2.10. The normalized spacial score (nSPS) is 19.8. The molecule has 7 nitrogen and oxygen atoms in total. The third kappa shape index (κ3) is 2.43. The molecule has 1 aliphatic heterocycles. The van der Waals surface area contributed by atoms with E-state index < -0.39 is 0 Å². The van der Waals surface area contributed by atoms with E-state index in [0.29, 0.717) is 6.54 Å². The maximum absolute atomic E-state index is 12.5. The minimum absolute atomic E-state index is 0.108. The second-order valence-electron chi connectivity index (χ2n) is 6.71. The molecule has 0 bridgehead atoms. The number of nitrogens with one attached hydrogen (secondary N) is 1. The van der Waals surface area contributed by atoms with Crippen molar-refractivity contribution < 1.29 is 9.53 Å². The molecule has 1 saturated heterocycles. The van der Waals surface area contributed by atoms with E-state index in [0.717, 1.165) is 54.0 Å². The molecule has 130 valence electrons. The monoisotopic (exact) mass is 357 g/mol. The summed E-state index contributed by atoms with van der Waals surface area (Å²) in [6, 6.07) is 0. The molecule has 1 amide bonds. The van der Waals surface area contributed by atoms with Crippen molar-refractivity contribution in [3.8, 4) is 0 Å². The van der Waals surface area contributed by atoms with Gasteiger partial charge >= 0.3 is 0 Å². The second kappa shape index (κ2) is 5.74. The van der Waals surface area contributed by atoms with Crippen molar-refractivity contribution in [1.29, 1.82) is 0 Å². The lowest BCUT2D eigenvalue weighted by molar-refractivity contribution is 0.0849. The van der Waals surface area contributed by atoms with Gasteiger partial charge in [-0.15, -0.1) is 16.4 Å². The highest BCUT2D eigenvalue weighted by Gasteiger charge is 2.24. The summed E-state index contributed by atoms with van der Waals surface area (Å²) < 4.78 is 7.25. The number of aryl methyl sites for hydroxylation is 3. The smallest absolute Gasteiger partial charge is 0.291 e. The average molecular weight is 357 g/mol. The molecule has 3 aromatic rings. The van der Waals surface area contributed by atoms with Gasteiger partial charge in [-0.1, -0.05) is 0 Å². The molecule has 1 aliphatic carbocycles. The van der Waals surface area contributed by atoms with Gasteiger partial charge in [0.15, 0.2) is 5.65 Å². The lowest BCUT2D eigenvalue weighted by Gasteiger charge is -2.08. The quantitative estimate of drug-likeness (QED) is 0.776. The Morgan fingerprint density at radius 1 is 1.36 bits per heavy atom. The summed E-state index contributed by atoms with van der Waals surface area (Å²) in [5, 5.41) is 8.38. The zero-order valence-electron chi connectivity index (χ0n) is 14.0. The summed E-state index contributed by atoms with van der Waals surface area (Å²) in [7, 11) is 0. The zero-order valence-corrected chi connectivity index (χ0v) is 14.9. The van der Waals surface area contributed by atoms with E-state index in [1.165, 1.54) is 16.9 Å². The molecule has 0 radical (unpaired) electrons. The molecule has 4 heterocycles. The van der Waals surface area contributed by atoms with Crippen LogP contribution in [-0.4, -0.2) is 44.7 Å². The third-order valence-corrected chi connectivity index (χ3v) is 6.21. The van der Waals surface area contributed by atoms with Gasteiger partial charge < -0.3 is 10.1 Å². The highest BCUT2D eigenvalue weighted by molar-refractivity contribution is 7.19. The Kier molecular flexibility index (Phi) is 3.49. The molecular formula is C17H19N5O2S. The molecule has 25 heavy (non-hydrogen) atoms. The number of aromatic nitrogens is 4. The number of hydrogen-bond donors (Lipinski definition) is 1. The molecular weight excluding hydrogens is 338 g/mol. The largest absolute Gasteiger partial charge is 0.376 e. The number of fused-ring (bicyclic) bond motifs is 5. The van der Waals surface area contributed by atoms with Crippen LogP contribution in [0.1, 0.15) is 46.1 Å². The first-order valence-electron chi connectivity index (χ1n) is 8.78. The van der Waals surface area contributed by atoms with Crippen LogP contribution in [0.5, 0.6) is 0 Å². The highest BCUT2D eigenvalue weighted by Crippen LogP contribution is 2.38. The molecule has 5 rings (SSSR count). The van der Waals surface area contributed by atoms with E-state index in [4.69, 9.17) is 4.74 Å². The van der Waals surface area contributed by atoms with Gasteiger partial charge in [0, 0.05) is 18.0 Å². The fourth-order valence-corrected chi connectivity index (χ4v) is 5.08. The molecule has 8 heteroatoms. The Bertz CT molecular complexity index is 986. The third-order valence-electron chi connectivity index (χ3n) is 5.02. The summed E-state index contributed by atoms with van der Waals surface area (Å²) in [6.45, 7) is 3.19. The van der Waals surface area contributed by atoms with Gasteiger partial charge in [-0.05, 0) is 44.6 Å². The Morgan fingerprint density at radius 2 is 2.28 bits per heavy atom. The number of hydrogen-bond acceptors (Lipinski definition) is 6. The van der Waals surface area contributed by atoms with Crippen molar-refractivity contribution in [3.63, 3.8) is 0 Å². The predicted molar refractivity (Wildman–Crippen MR) is 94.2 cm³/mol. The Hall–Kier alpha value is -2.06. The van der Waals surface area contributed by atoms with Crippen LogP contribution in [0.3, 0.4) is 0 Å². The molecule has 1 atom stereocenters. The fourth-order valence-electron chi connectivity index (χ4n) is 3.78. The molecule has 1 N–H and O–H groups in total. The Labute approximate surface area is 148 Å². The lowest BCUT2D eigenvalue weighted by atomic mass is 10.2. The maximum atomic E-state index is 12.5. The summed E-state index contributed by atoms with van der Waals surface area (Å²) in [6.07, 6.45) is 5.51.